The minimum absolute atomic E-state index is 0.0268. The van der Waals surface area contributed by atoms with Crippen LogP contribution in [0.3, 0.4) is 0 Å². The zero-order valence-corrected chi connectivity index (χ0v) is 11.7. The van der Waals surface area contributed by atoms with Crippen LogP contribution >= 0.6 is 0 Å². The predicted molar refractivity (Wildman–Crippen MR) is 73.7 cm³/mol. The van der Waals surface area contributed by atoms with Gasteiger partial charge in [-0.3, -0.25) is 4.79 Å². The van der Waals surface area contributed by atoms with Gasteiger partial charge in [0.1, 0.15) is 0 Å². The maximum Gasteiger partial charge on any atom is 0.311 e. The third-order valence-electron chi connectivity index (χ3n) is 3.48. The van der Waals surface area contributed by atoms with Crippen molar-refractivity contribution < 1.29 is 19.7 Å². The van der Waals surface area contributed by atoms with E-state index in [2.05, 4.69) is 6.92 Å². The lowest BCUT2D eigenvalue weighted by Gasteiger charge is -2.23. The molecule has 0 aliphatic heterocycles. The molecule has 2 atom stereocenters. The molecular formula is C15H22O4. The van der Waals surface area contributed by atoms with Crippen LogP contribution in [0.4, 0.5) is 0 Å². The molecule has 2 N–H and O–H groups in total. The Bertz CT molecular complexity index is 428. The Labute approximate surface area is 114 Å². The van der Waals surface area contributed by atoms with Crippen molar-refractivity contribution in [1.82, 2.24) is 0 Å². The van der Waals surface area contributed by atoms with Crippen molar-refractivity contribution >= 4 is 5.97 Å². The molecule has 2 unspecified atom stereocenters. The minimum Gasteiger partial charge on any atom is -0.504 e. The van der Waals surface area contributed by atoms with Crippen molar-refractivity contribution in [3.63, 3.8) is 0 Å². The van der Waals surface area contributed by atoms with Gasteiger partial charge in [0.25, 0.3) is 0 Å². The highest BCUT2D eigenvalue weighted by atomic mass is 16.5. The number of phenolic OH excluding ortho intramolecular Hbond substituents is 1. The molecule has 0 bridgehead atoms. The molecule has 1 rings (SSSR count). The Kier molecular flexibility index (Phi) is 5.67. The Morgan fingerprint density at radius 1 is 1.37 bits per heavy atom. The van der Waals surface area contributed by atoms with Gasteiger partial charge in [-0.15, -0.1) is 0 Å². The van der Waals surface area contributed by atoms with Crippen molar-refractivity contribution in [3.05, 3.63) is 23.8 Å². The fourth-order valence-corrected chi connectivity index (χ4v) is 2.48. The Balaban J connectivity index is 3.14. The van der Waals surface area contributed by atoms with Crippen LogP contribution in [0.15, 0.2) is 18.2 Å². The van der Waals surface area contributed by atoms with Gasteiger partial charge < -0.3 is 14.9 Å². The fraction of sp³-hybridized carbons (Fsp3) is 0.533. The summed E-state index contributed by atoms with van der Waals surface area (Å²) in [6.07, 6.45) is 2.64. The molecule has 0 aromatic heterocycles. The predicted octanol–water partition coefficient (Wildman–Crippen LogP) is 3.40. The molecule has 0 amide bonds. The van der Waals surface area contributed by atoms with Gasteiger partial charge in [-0.25, -0.2) is 0 Å². The molecule has 0 aliphatic rings. The second-order valence-corrected chi connectivity index (χ2v) is 4.70. The van der Waals surface area contributed by atoms with Gasteiger partial charge in [-0.1, -0.05) is 32.8 Å². The number of carbonyl (C=O) groups is 1. The van der Waals surface area contributed by atoms with Gasteiger partial charge in [-0.2, -0.15) is 0 Å². The van der Waals surface area contributed by atoms with E-state index in [4.69, 9.17) is 4.74 Å². The summed E-state index contributed by atoms with van der Waals surface area (Å²) < 4.78 is 5.05. The molecule has 106 valence electrons. The molecule has 1 aromatic carbocycles. The molecule has 4 nitrogen and oxygen atoms in total. The zero-order valence-electron chi connectivity index (χ0n) is 11.7. The molecule has 0 heterocycles. The monoisotopic (exact) mass is 266 g/mol. The van der Waals surface area contributed by atoms with Crippen LogP contribution in [0.5, 0.6) is 11.5 Å². The van der Waals surface area contributed by atoms with Crippen LogP contribution in [0, 0.1) is 5.92 Å². The third kappa shape index (κ3) is 3.63. The number of carboxylic acids is 1. The number of methoxy groups -OCH3 is 1. The summed E-state index contributed by atoms with van der Waals surface area (Å²) in [5.74, 6) is -0.946. The van der Waals surface area contributed by atoms with E-state index < -0.39 is 11.9 Å². The number of hydrogen-bond acceptors (Lipinski definition) is 3. The molecule has 0 aliphatic carbocycles. The number of aliphatic carboxylic acids is 1. The smallest absolute Gasteiger partial charge is 0.311 e. The van der Waals surface area contributed by atoms with E-state index in [0.717, 1.165) is 19.3 Å². The van der Waals surface area contributed by atoms with Crippen LogP contribution in [0.1, 0.15) is 44.6 Å². The lowest BCUT2D eigenvalue weighted by Crippen LogP contribution is -2.21. The van der Waals surface area contributed by atoms with Gasteiger partial charge in [-0.05, 0) is 30.0 Å². The first-order valence-electron chi connectivity index (χ1n) is 6.64. The van der Waals surface area contributed by atoms with E-state index >= 15 is 0 Å². The summed E-state index contributed by atoms with van der Waals surface area (Å²) in [7, 11) is 1.46. The normalized spacial score (nSPS) is 13.8. The van der Waals surface area contributed by atoms with Gasteiger partial charge in [0.15, 0.2) is 11.5 Å². The topological polar surface area (TPSA) is 66.8 Å². The molecule has 0 radical (unpaired) electrons. The van der Waals surface area contributed by atoms with E-state index in [-0.39, 0.29) is 11.7 Å². The van der Waals surface area contributed by atoms with E-state index in [1.165, 1.54) is 13.2 Å². The molecule has 19 heavy (non-hydrogen) atoms. The number of carboxylic acid groups (broad SMARTS) is 1. The number of rotatable bonds is 7. The van der Waals surface area contributed by atoms with Crippen LogP contribution < -0.4 is 4.74 Å². The molecular weight excluding hydrogens is 244 g/mol. The lowest BCUT2D eigenvalue weighted by atomic mass is 9.81. The summed E-state index contributed by atoms with van der Waals surface area (Å²) in [5, 5.41) is 19.1. The van der Waals surface area contributed by atoms with Crippen LogP contribution in [-0.2, 0) is 4.79 Å². The summed E-state index contributed by atoms with van der Waals surface area (Å²) in [6.45, 7) is 4.06. The second kappa shape index (κ2) is 7.02. The summed E-state index contributed by atoms with van der Waals surface area (Å²) in [6, 6.07) is 4.77. The van der Waals surface area contributed by atoms with Crippen LogP contribution in [0.2, 0.25) is 0 Å². The molecule has 1 aromatic rings. The first kappa shape index (κ1) is 15.3. The summed E-state index contributed by atoms with van der Waals surface area (Å²) >= 11 is 0. The first-order chi connectivity index (χ1) is 9.04. The SMILES string of the molecule is CCCC(CC)C(C(=O)O)c1ccc(O)c(OC)c1. The number of ether oxygens (including phenoxy) is 1. The maximum atomic E-state index is 11.6. The third-order valence-corrected chi connectivity index (χ3v) is 3.48. The first-order valence-corrected chi connectivity index (χ1v) is 6.64. The number of hydrogen-bond donors (Lipinski definition) is 2. The van der Waals surface area contributed by atoms with E-state index in [1.54, 1.807) is 12.1 Å². The van der Waals surface area contributed by atoms with Gasteiger partial charge in [0, 0.05) is 0 Å². The number of benzene rings is 1. The fourth-order valence-electron chi connectivity index (χ4n) is 2.48. The largest absolute Gasteiger partial charge is 0.504 e. The van der Waals surface area contributed by atoms with Crippen LogP contribution in [-0.4, -0.2) is 23.3 Å². The Hall–Kier alpha value is -1.71. The maximum absolute atomic E-state index is 11.6. The zero-order chi connectivity index (χ0) is 14.4. The quantitative estimate of drug-likeness (QED) is 0.793. The summed E-state index contributed by atoms with van der Waals surface area (Å²) in [5.41, 5.74) is 0.683. The number of aromatic hydroxyl groups is 1. The van der Waals surface area contributed by atoms with Crippen molar-refractivity contribution in [3.8, 4) is 11.5 Å². The second-order valence-electron chi connectivity index (χ2n) is 4.70. The summed E-state index contributed by atoms with van der Waals surface area (Å²) in [4.78, 5) is 11.6. The average Bonchev–Trinajstić information content (AvgIpc) is 2.39. The molecule has 4 heteroatoms. The van der Waals surface area contributed by atoms with E-state index in [1.807, 2.05) is 6.92 Å². The van der Waals surface area contributed by atoms with E-state index in [0.29, 0.717) is 11.3 Å². The molecule has 0 spiro atoms. The van der Waals surface area contributed by atoms with Crippen molar-refractivity contribution in [1.29, 1.82) is 0 Å². The van der Waals surface area contributed by atoms with Crippen molar-refractivity contribution in [2.24, 2.45) is 5.92 Å². The Morgan fingerprint density at radius 2 is 2.05 bits per heavy atom. The standard InChI is InChI=1S/C15H22O4/c1-4-6-10(5-2)14(15(17)18)11-7-8-12(16)13(9-11)19-3/h7-10,14,16H,4-6H2,1-3H3,(H,17,18). The van der Waals surface area contributed by atoms with Crippen molar-refractivity contribution in [2.75, 3.05) is 7.11 Å². The highest BCUT2D eigenvalue weighted by molar-refractivity contribution is 5.77. The number of phenols is 1. The van der Waals surface area contributed by atoms with Gasteiger partial charge in [0.05, 0.1) is 13.0 Å². The highest BCUT2D eigenvalue weighted by Crippen LogP contribution is 2.35. The Morgan fingerprint density at radius 3 is 2.53 bits per heavy atom. The van der Waals surface area contributed by atoms with Crippen LogP contribution in [0.25, 0.3) is 0 Å². The van der Waals surface area contributed by atoms with Gasteiger partial charge in [0.2, 0.25) is 0 Å². The molecule has 0 saturated carbocycles. The molecule has 0 fully saturated rings. The lowest BCUT2D eigenvalue weighted by molar-refractivity contribution is -0.140. The molecule has 0 saturated heterocycles. The van der Waals surface area contributed by atoms with Crippen molar-refractivity contribution in [2.45, 2.75) is 39.0 Å². The minimum atomic E-state index is -0.826. The highest BCUT2D eigenvalue weighted by Gasteiger charge is 2.28. The average molecular weight is 266 g/mol. The van der Waals surface area contributed by atoms with E-state index in [9.17, 15) is 15.0 Å². The van der Waals surface area contributed by atoms with Gasteiger partial charge >= 0.3 is 5.97 Å².